The first kappa shape index (κ1) is 32.2. The van der Waals surface area contributed by atoms with Crippen LogP contribution < -0.4 is 14.8 Å². The summed E-state index contributed by atoms with van der Waals surface area (Å²) in [6.45, 7) is 8.18. The van der Waals surface area contributed by atoms with Crippen LogP contribution >= 0.6 is 11.3 Å². The summed E-state index contributed by atoms with van der Waals surface area (Å²) >= 11 is 1.39. The van der Waals surface area contributed by atoms with E-state index >= 15 is 4.39 Å². The molecule has 244 valence electrons. The molecule has 0 aliphatic carbocycles. The van der Waals surface area contributed by atoms with Crippen LogP contribution in [-0.2, 0) is 9.53 Å². The fraction of sp³-hybridized carbons (Fsp3) is 0.294. The number of amides is 1. The third-order valence-corrected chi connectivity index (χ3v) is 8.82. The molecular weight excluding hydrogens is 626 g/mol. The zero-order chi connectivity index (χ0) is 33.1. The number of H-pyrrole nitrogens is 1. The van der Waals surface area contributed by atoms with E-state index in [9.17, 15) is 9.18 Å². The number of pyridine rings is 2. The fourth-order valence-corrected chi connectivity index (χ4v) is 6.52. The van der Waals surface area contributed by atoms with Gasteiger partial charge in [-0.25, -0.2) is 18.7 Å². The third-order valence-electron chi connectivity index (χ3n) is 7.89. The van der Waals surface area contributed by atoms with Crippen LogP contribution in [-0.4, -0.2) is 78.0 Å². The van der Waals surface area contributed by atoms with E-state index < -0.39 is 17.7 Å². The summed E-state index contributed by atoms with van der Waals surface area (Å²) in [6.07, 6.45) is 2.88. The Balaban J connectivity index is 1.48. The van der Waals surface area contributed by atoms with Gasteiger partial charge in [0.25, 0.3) is 0 Å². The number of thiophene rings is 1. The number of aromatic amines is 1. The fourth-order valence-electron chi connectivity index (χ4n) is 5.58. The van der Waals surface area contributed by atoms with Gasteiger partial charge in [0.1, 0.15) is 35.4 Å². The summed E-state index contributed by atoms with van der Waals surface area (Å²) < 4.78 is 48.0. The van der Waals surface area contributed by atoms with Gasteiger partial charge in [-0.15, -0.1) is 11.3 Å². The molecule has 0 spiro atoms. The number of hydrogen-bond donors (Lipinski definition) is 2. The maximum Gasteiger partial charge on any atom is 0.243 e. The predicted octanol–water partition coefficient (Wildman–Crippen LogP) is 6.02. The Labute approximate surface area is 274 Å². The molecule has 0 unspecified atom stereocenters. The van der Waals surface area contributed by atoms with E-state index in [-0.39, 0.29) is 30.4 Å². The third kappa shape index (κ3) is 6.87. The number of halogens is 2. The molecule has 1 aliphatic heterocycles. The van der Waals surface area contributed by atoms with Crippen molar-refractivity contribution in [1.82, 2.24) is 30.4 Å². The molecule has 1 aliphatic rings. The van der Waals surface area contributed by atoms with Crippen molar-refractivity contribution in [1.29, 1.82) is 0 Å². The second-order valence-electron chi connectivity index (χ2n) is 11.4. The SMILES string of the molecule is C=CC(=O)N[C@H](C)c1cc(-c2nc(-c3ccc(OCC4CN(C)C4)nc3)c3ccsc3c2-c2c(F)cc(F)cc2OCCOC)n[nH]1. The lowest BCUT2D eigenvalue weighted by Gasteiger charge is -2.35. The Hall–Kier alpha value is -4.72. The molecule has 1 atom stereocenters. The highest BCUT2D eigenvalue weighted by atomic mass is 32.1. The molecule has 4 aromatic heterocycles. The quantitative estimate of drug-likeness (QED) is 0.116. The van der Waals surface area contributed by atoms with Crippen molar-refractivity contribution in [3.8, 4) is 45.4 Å². The lowest BCUT2D eigenvalue weighted by atomic mass is 9.96. The number of nitrogens with one attached hydrogen (secondary N) is 2. The Morgan fingerprint density at radius 1 is 1.17 bits per heavy atom. The molecule has 0 radical (unpaired) electrons. The van der Waals surface area contributed by atoms with E-state index in [4.69, 9.17) is 19.2 Å². The Bertz CT molecular complexity index is 1900. The average molecular weight is 661 g/mol. The lowest BCUT2D eigenvalue weighted by molar-refractivity contribution is -0.117. The summed E-state index contributed by atoms with van der Waals surface area (Å²) in [5.74, 6) is -0.940. The standard InChI is InChI=1S/C34H34F2N6O4S/c1-5-28(43)38-19(2)25-14-26(41-40-25)33-31(30-24(36)12-22(35)13-27(30)45-10-9-44-4)34-23(8-11-47-34)32(39-33)21-6-7-29(37-15-21)46-18-20-16-42(3)17-20/h5-8,11-15,19-20H,1,9-10,16-18H2,2-4H3,(H,38,43)(H,40,41)/t19-/m1/s1. The van der Waals surface area contributed by atoms with Crippen molar-refractivity contribution in [2.45, 2.75) is 13.0 Å². The van der Waals surface area contributed by atoms with Crippen LogP contribution in [0.3, 0.4) is 0 Å². The highest BCUT2D eigenvalue weighted by Gasteiger charge is 2.27. The average Bonchev–Trinajstić information content (AvgIpc) is 3.73. The van der Waals surface area contributed by atoms with Gasteiger partial charge in [0.15, 0.2) is 0 Å². The molecular formula is C34H34F2N6O4S. The summed E-state index contributed by atoms with van der Waals surface area (Å²) in [5, 5.41) is 12.9. The molecule has 1 fully saturated rings. The van der Waals surface area contributed by atoms with Gasteiger partial charge in [-0.05, 0) is 43.6 Å². The van der Waals surface area contributed by atoms with Gasteiger partial charge in [0.05, 0.1) is 36.2 Å². The maximum absolute atomic E-state index is 15.9. The number of ether oxygens (including phenoxy) is 3. The molecule has 2 N–H and O–H groups in total. The molecule has 1 saturated heterocycles. The largest absolute Gasteiger partial charge is 0.490 e. The van der Waals surface area contributed by atoms with Crippen molar-refractivity contribution in [2.75, 3.05) is 47.1 Å². The van der Waals surface area contributed by atoms with Gasteiger partial charge in [-0.2, -0.15) is 5.10 Å². The van der Waals surface area contributed by atoms with Crippen LogP contribution in [0.1, 0.15) is 18.7 Å². The van der Waals surface area contributed by atoms with Crippen LogP contribution in [0.4, 0.5) is 8.78 Å². The Kier molecular flexibility index (Phi) is 9.57. The van der Waals surface area contributed by atoms with Crippen LogP contribution in [0.5, 0.6) is 11.6 Å². The zero-order valence-corrected chi connectivity index (χ0v) is 27.0. The van der Waals surface area contributed by atoms with Gasteiger partial charge in [0.2, 0.25) is 11.8 Å². The maximum atomic E-state index is 15.9. The molecule has 47 heavy (non-hydrogen) atoms. The minimum Gasteiger partial charge on any atom is -0.490 e. The molecule has 1 aromatic carbocycles. The first-order valence-corrected chi connectivity index (χ1v) is 15.9. The van der Waals surface area contributed by atoms with E-state index in [1.165, 1.54) is 24.5 Å². The monoisotopic (exact) mass is 660 g/mol. The van der Waals surface area contributed by atoms with Gasteiger partial charge < -0.3 is 24.4 Å². The number of rotatable bonds is 13. The Morgan fingerprint density at radius 2 is 2.00 bits per heavy atom. The zero-order valence-electron chi connectivity index (χ0n) is 26.2. The van der Waals surface area contributed by atoms with Gasteiger partial charge in [0, 0.05) is 71.7 Å². The minimum atomic E-state index is -0.814. The number of fused-ring (bicyclic) bond motifs is 1. The molecule has 13 heteroatoms. The second-order valence-corrected chi connectivity index (χ2v) is 12.3. The molecule has 6 rings (SSSR count). The number of likely N-dealkylation sites (tertiary alicyclic amines) is 1. The number of nitrogens with zero attached hydrogens (tertiary/aromatic N) is 4. The van der Waals surface area contributed by atoms with Gasteiger partial charge >= 0.3 is 0 Å². The van der Waals surface area contributed by atoms with Crippen molar-refractivity contribution in [2.24, 2.45) is 5.92 Å². The van der Waals surface area contributed by atoms with Crippen molar-refractivity contribution in [3.63, 3.8) is 0 Å². The summed E-state index contributed by atoms with van der Waals surface area (Å²) in [5.41, 5.74) is 3.06. The minimum absolute atomic E-state index is 0.00764. The Morgan fingerprint density at radius 3 is 2.72 bits per heavy atom. The van der Waals surface area contributed by atoms with E-state index in [2.05, 4.69) is 39.0 Å². The molecule has 10 nitrogen and oxygen atoms in total. The molecule has 0 bridgehead atoms. The van der Waals surface area contributed by atoms with Crippen molar-refractivity contribution in [3.05, 3.63) is 78.0 Å². The topological polar surface area (TPSA) is 114 Å². The number of carbonyl (C=O) groups excluding carboxylic acids is 1. The van der Waals surface area contributed by atoms with Crippen molar-refractivity contribution < 1.29 is 27.8 Å². The predicted molar refractivity (Wildman–Crippen MR) is 176 cm³/mol. The van der Waals surface area contributed by atoms with Crippen LogP contribution in [0.15, 0.2) is 60.6 Å². The van der Waals surface area contributed by atoms with Crippen LogP contribution in [0.25, 0.3) is 43.9 Å². The number of hydrogen-bond acceptors (Lipinski definition) is 9. The number of methoxy groups -OCH3 is 1. The number of carbonyl (C=O) groups is 1. The smallest absolute Gasteiger partial charge is 0.243 e. The summed E-state index contributed by atoms with van der Waals surface area (Å²) in [7, 11) is 3.59. The highest BCUT2D eigenvalue weighted by Crippen LogP contribution is 2.47. The first-order valence-electron chi connectivity index (χ1n) is 15.0. The van der Waals surface area contributed by atoms with E-state index in [0.29, 0.717) is 51.4 Å². The molecule has 0 saturated carbocycles. The number of benzene rings is 1. The van der Waals surface area contributed by atoms with E-state index in [0.717, 1.165) is 36.2 Å². The number of aromatic nitrogens is 4. The van der Waals surface area contributed by atoms with E-state index in [1.54, 1.807) is 19.2 Å². The van der Waals surface area contributed by atoms with Crippen LogP contribution in [0, 0.1) is 17.6 Å². The first-order chi connectivity index (χ1) is 22.7. The summed E-state index contributed by atoms with van der Waals surface area (Å²) in [6, 6.07) is 8.87. The molecule has 5 heterocycles. The normalized spacial score (nSPS) is 14.1. The van der Waals surface area contributed by atoms with Gasteiger partial charge in [-0.1, -0.05) is 6.58 Å². The highest BCUT2D eigenvalue weighted by molar-refractivity contribution is 7.18. The second kappa shape index (κ2) is 14.0. The van der Waals surface area contributed by atoms with E-state index in [1.807, 2.05) is 23.6 Å². The van der Waals surface area contributed by atoms with Crippen LogP contribution in [0.2, 0.25) is 0 Å². The summed E-state index contributed by atoms with van der Waals surface area (Å²) in [4.78, 5) is 23.8. The molecule has 1 amide bonds. The van der Waals surface area contributed by atoms with Crippen molar-refractivity contribution >= 4 is 27.3 Å². The van der Waals surface area contributed by atoms with Gasteiger partial charge in [-0.3, -0.25) is 9.89 Å². The molecule has 5 aromatic rings. The lowest BCUT2D eigenvalue weighted by Crippen LogP contribution is -2.46.